The summed E-state index contributed by atoms with van der Waals surface area (Å²) in [6.45, 7) is 1.77. The number of amidine groups is 2. The fourth-order valence-electron chi connectivity index (χ4n) is 3.08. The van der Waals surface area contributed by atoms with Gasteiger partial charge in [0.1, 0.15) is 6.61 Å². The van der Waals surface area contributed by atoms with Gasteiger partial charge in [-0.05, 0) is 41.1 Å². The van der Waals surface area contributed by atoms with Crippen molar-refractivity contribution in [2.24, 2.45) is 10.1 Å². The summed E-state index contributed by atoms with van der Waals surface area (Å²) < 4.78 is 35.4. The average Bonchev–Trinajstić information content (AvgIpc) is 3.26. The van der Waals surface area contributed by atoms with E-state index in [2.05, 4.69) is 10.1 Å². The Labute approximate surface area is 205 Å². The second kappa shape index (κ2) is 9.61. The van der Waals surface area contributed by atoms with Crippen LogP contribution in [-0.2, 0) is 21.2 Å². The van der Waals surface area contributed by atoms with Crippen LogP contribution in [0.2, 0.25) is 5.02 Å². The summed E-state index contributed by atoms with van der Waals surface area (Å²) in [5.41, 5.74) is 1.35. The number of sulfone groups is 1. The lowest BCUT2D eigenvalue weighted by molar-refractivity contribution is -0.114. The minimum atomic E-state index is -3.60. The largest absolute Gasteiger partial charge is 0.493 e. The van der Waals surface area contributed by atoms with E-state index in [-0.39, 0.29) is 38.3 Å². The molecule has 4 rings (SSSR count). The zero-order valence-corrected chi connectivity index (χ0v) is 20.5. The number of thioether (sulfide) groups is 1. The molecule has 2 aromatic carbocycles. The SMILES string of the molecule is CCS(=O)(=O)C1=NN2C(=N)/C(=C/c3cc(Cl)c(OCc4ccccc4)c(OC)c3)C(=O)N=C2S1. The standard InChI is InChI=1S/C22H19ClN4O5S2/c1-3-34(29,30)22-26-27-19(24)15(20(28)25-21(27)33-22)9-14-10-16(23)18(17(11-14)31-2)32-12-13-7-5-4-6-8-13/h4-11,24H,3,12H2,1-2H3/b15-9-,24-19?. The first-order chi connectivity index (χ1) is 16.2. The van der Waals surface area contributed by atoms with Crippen LogP contribution >= 0.6 is 23.4 Å². The van der Waals surface area contributed by atoms with Gasteiger partial charge in [-0.15, -0.1) is 5.10 Å². The molecular formula is C22H19ClN4O5S2. The molecule has 0 aromatic heterocycles. The van der Waals surface area contributed by atoms with Crippen LogP contribution in [0.4, 0.5) is 0 Å². The Bertz CT molecular complexity index is 1370. The van der Waals surface area contributed by atoms with Crippen molar-refractivity contribution in [3.63, 3.8) is 0 Å². The first kappa shape index (κ1) is 24.0. The maximum Gasteiger partial charge on any atom is 0.283 e. The molecule has 0 saturated heterocycles. The normalized spacial score (nSPS) is 16.9. The second-order valence-corrected chi connectivity index (χ2v) is 10.9. The van der Waals surface area contributed by atoms with Gasteiger partial charge in [0.15, 0.2) is 17.3 Å². The second-order valence-electron chi connectivity index (χ2n) is 7.10. The predicted molar refractivity (Wildman–Crippen MR) is 133 cm³/mol. The number of nitrogens with one attached hydrogen (secondary N) is 1. The minimum Gasteiger partial charge on any atom is -0.493 e. The highest BCUT2D eigenvalue weighted by molar-refractivity contribution is 8.42. The van der Waals surface area contributed by atoms with Crippen LogP contribution in [0.25, 0.3) is 6.08 Å². The molecule has 2 aliphatic rings. The Morgan fingerprint density at radius 1 is 1.24 bits per heavy atom. The van der Waals surface area contributed by atoms with Crippen molar-refractivity contribution in [2.75, 3.05) is 12.9 Å². The molecule has 0 aliphatic carbocycles. The summed E-state index contributed by atoms with van der Waals surface area (Å²) in [5.74, 6) is -0.436. The number of hydrogen-bond acceptors (Lipinski definition) is 8. The van der Waals surface area contributed by atoms with Gasteiger partial charge in [-0.3, -0.25) is 10.2 Å². The number of carbonyl (C=O) groups is 1. The van der Waals surface area contributed by atoms with Crippen LogP contribution in [-0.4, -0.2) is 47.6 Å². The monoisotopic (exact) mass is 518 g/mol. The van der Waals surface area contributed by atoms with Gasteiger partial charge in [0.05, 0.1) is 23.5 Å². The van der Waals surface area contributed by atoms with Crippen LogP contribution in [0.1, 0.15) is 18.1 Å². The number of rotatable bonds is 6. The lowest BCUT2D eigenvalue weighted by Gasteiger charge is -2.20. The van der Waals surface area contributed by atoms with Gasteiger partial charge >= 0.3 is 0 Å². The van der Waals surface area contributed by atoms with E-state index in [4.69, 9.17) is 26.5 Å². The molecular weight excluding hydrogens is 500 g/mol. The highest BCUT2D eigenvalue weighted by Gasteiger charge is 2.39. The third-order valence-electron chi connectivity index (χ3n) is 4.87. The van der Waals surface area contributed by atoms with E-state index in [1.54, 1.807) is 12.1 Å². The van der Waals surface area contributed by atoms with Crippen LogP contribution in [0.15, 0.2) is 58.1 Å². The van der Waals surface area contributed by atoms with Crippen LogP contribution < -0.4 is 9.47 Å². The van der Waals surface area contributed by atoms with E-state index in [9.17, 15) is 13.2 Å². The smallest absolute Gasteiger partial charge is 0.283 e. The molecule has 0 spiro atoms. The molecule has 0 radical (unpaired) electrons. The molecule has 0 fully saturated rings. The lowest BCUT2D eigenvalue weighted by atomic mass is 10.1. The third-order valence-corrected chi connectivity index (χ3v) is 8.24. The molecule has 2 aromatic rings. The average molecular weight is 519 g/mol. The van der Waals surface area contributed by atoms with Crippen LogP contribution in [0.3, 0.4) is 0 Å². The van der Waals surface area contributed by atoms with Gasteiger partial charge in [-0.1, -0.05) is 48.9 Å². The Kier molecular flexibility index (Phi) is 6.78. The number of aliphatic imine (C=N–C) groups is 1. The van der Waals surface area contributed by atoms with E-state index in [1.807, 2.05) is 30.3 Å². The molecule has 0 unspecified atom stereocenters. The van der Waals surface area contributed by atoms with Crippen molar-refractivity contribution in [1.29, 1.82) is 5.41 Å². The van der Waals surface area contributed by atoms with Crippen molar-refractivity contribution in [3.05, 3.63) is 64.2 Å². The number of amides is 1. The fraction of sp³-hybridized carbons (Fsp3) is 0.182. The quantitative estimate of drug-likeness (QED) is 0.575. The third kappa shape index (κ3) is 4.72. The van der Waals surface area contributed by atoms with Crippen molar-refractivity contribution in [3.8, 4) is 11.5 Å². The van der Waals surface area contributed by atoms with Crippen LogP contribution in [0.5, 0.6) is 11.5 Å². The summed E-state index contributed by atoms with van der Waals surface area (Å²) in [5, 5.41) is 13.7. The molecule has 2 aliphatic heterocycles. The Hall–Kier alpha value is -3.15. The molecule has 34 heavy (non-hydrogen) atoms. The molecule has 2 heterocycles. The minimum absolute atomic E-state index is 0.0273. The zero-order chi connectivity index (χ0) is 24.5. The molecule has 9 nitrogen and oxygen atoms in total. The molecule has 1 N–H and O–H groups in total. The number of fused-ring (bicyclic) bond motifs is 1. The summed E-state index contributed by atoms with van der Waals surface area (Å²) >= 11 is 7.19. The van der Waals surface area contributed by atoms with E-state index >= 15 is 0 Å². The fourth-order valence-corrected chi connectivity index (χ4v) is 5.52. The first-order valence-corrected chi connectivity index (χ1v) is 12.9. The van der Waals surface area contributed by atoms with Gasteiger partial charge in [0, 0.05) is 0 Å². The first-order valence-electron chi connectivity index (χ1n) is 10.0. The molecule has 12 heteroatoms. The molecule has 1 amide bonds. The number of nitrogens with zero attached hydrogens (tertiary/aromatic N) is 3. The number of benzene rings is 2. The van der Waals surface area contributed by atoms with Gasteiger partial charge in [-0.25, -0.2) is 8.42 Å². The number of halogens is 1. The maximum atomic E-state index is 12.6. The van der Waals surface area contributed by atoms with Gasteiger partial charge in [0.25, 0.3) is 5.91 Å². The Morgan fingerprint density at radius 3 is 2.65 bits per heavy atom. The summed E-state index contributed by atoms with van der Waals surface area (Å²) in [7, 11) is -2.14. The van der Waals surface area contributed by atoms with E-state index < -0.39 is 15.7 Å². The Balaban J connectivity index is 1.63. The van der Waals surface area contributed by atoms with E-state index in [1.165, 1.54) is 20.1 Å². The highest BCUT2D eigenvalue weighted by Crippen LogP contribution is 2.38. The maximum absolute atomic E-state index is 12.6. The number of methoxy groups -OCH3 is 1. The van der Waals surface area contributed by atoms with Crippen molar-refractivity contribution >= 4 is 60.6 Å². The van der Waals surface area contributed by atoms with E-state index in [0.29, 0.717) is 17.1 Å². The summed E-state index contributed by atoms with van der Waals surface area (Å²) in [6, 6.07) is 12.8. The molecule has 0 atom stereocenters. The molecule has 176 valence electrons. The number of hydrazone groups is 1. The van der Waals surface area contributed by atoms with E-state index in [0.717, 1.165) is 22.3 Å². The topological polar surface area (TPSA) is 121 Å². The van der Waals surface area contributed by atoms with Crippen molar-refractivity contribution in [2.45, 2.75) is 13.5 Å². The van der Waals surface area contributed by atoms with Crippen molar-refractivity contribution < 1.29 is 22.7 Å². The zero-order valence-electron chi connectivity index (χ0n) is 18.1. The van der Waals surface area contributed by atoms with Gasteiger partial charge < -0.3 is 9.47 Å². The number of hydrogen-bond donors (Lipinski definition) is 1. The molecule has 0 saturated carbocycles. The predicted octanol–water partition coefficient (Wildman–Crippen LogP) is 3.94. The van der Waals surface area contributed by atoms with Gasteiger partial charge in [-0.2, -0.15) is 10.0 Å². The molecule has 0 bridgehead atoms. The summed E-state index contributed by atoms with van der Waals surface area (Å²) in [4.78, 5) is 16.5. The summed E-state index contributed by atoms with van der Waals surface area (Å²) in [6.07, 6.45) is 1.42. The van der Waals surface area contributed by atoms with Crippen LogP contribution in [0, 0.1) is 5.41 Å². The highest BCUT2D eigenvalue weighted by atomic mass is 35.5. The number of carbonyl (C=O) groups excluding carboxylic acids is 1. The van der Waals surface area contributed by atoms with Gasteiger partial charge in [0.2, 0.25) is 19.4 Å². The Morgan fingerprint density at radius 2 is 1.97 bits per heavy atom. The number of ether oxygens (including phenoxy) is 2. The lowest BCUT2D eigenvalue weighted by Crippen LogP contribution is -2.35. The van der Waals surface area contributed by atoms with Crippen molar-refractivity contribution in [1.82, 2.24) is 5.01 Å².